The molecule has 3 heterocycles. The van der Waals surface area contributed by atoms with Crippen LogP contribution in [-0.4, -0.2) is 62.6 Å². The maximum atomic E-state index is 5.55. The zero-order valence-electron chi connectivity index (χ0n) is 16.1. The van der Waals surface area contributed by atoms with Gasteiger partial charge in [-0.1, -0.05) is 24.3 Å². The molecule has 1 aromatic heterocycles. The van der Waals surface area contributed by atoms with Crippen LogP contribution in [-0.2, 0) is 9.47 Å². The van der Waals surface area contributed by atoms with E-state index in [0.29, 0.717) is 0 Å². The molecule has 0 radical (unpaired) electrons. The van der Waals surface area contributed by atoms with Crippen molar-refractivity contribution in [2.24, 2.45) is 0 Å². The molecule has 2 aromatic carbocycles. The number of aryl methyl sites for hydroxylation is 1. The molecule has 0 saturated carbocycles. The first-order valence-electron chi connectivity index (χ1n) is 9.67. The summed E-state index contributed by atoms with van der Waals surface area (Å²) in [6.45, 7) is 8.50. The average molecular weight is 401 g/mol. The van der Waals surface area contributed by atoms with E-state index in [1.54, 1.807) is 0 Å². The van der Waals surface area contributed by atoms with Crippen molar-refractivity contribution in [3.8, 4) is 0 Å². The third-order valence-electron chi connectivity index (χ3n) is 5.52. The SMILES string of the molecule is Cc1c2ccccc2cc2nc(N3CCOCC3)c(N3CCOCC3)nc12.Cl. The van der Waals surface area contributed by atoms with Gasteiger partial charge in [0.05, 0.1) is 37.5 Å². The summed E-state index contributed by atoms with van der Waals surface area (Å²) in [5.74, 6) is 1.95. The average Bonchev–Trinajstić information content (AvgIpc) is 2.74. The molecule has 6 nitrogen and oxygen atoms in total. The highest BCUT2D eigenvalue weighted by Gasteiger charge is 2.24. The van der Waals surface area contributed by atoms with Gasteiger partial charge in [0.1, 0.15) is 0 Å². The summed E-state index contributed by atoms with van der Waals surface area (Å²) < 4.78 is 11.1. The lowest BCUT2D eigenvalue weighted by Crippen LogP contribution is -2.41. The molecule has 0 aliphatic carbocycles. The minimum atomic E-state index is 0. The molecular formula is C21H25ClN4O2. The second-order valence-corrected chi connectivity index (χ2v) is 7.16. The Morgan fingerprint density at radius 2 is 1.39 bits per heavy atom. The van der Waals surface area contributed by atoms with Crippen LogP contribution in [0, 0.1) is 6.92 Å². The predicted molar refractivity (Wildman–Crippen MR) is 115 cm³/mol. The molecule has 28 heavy (non-hydrogen) atoms. The Morgan fingerprint density at radius 1 is 0.821 bits per heavy atom. The summed E-state index contributed by atoms with van der Waals surface area (Å²) >= 11 is 0. The molecule has 0 amide bonds. The summed E-state index contributed by atoms with van der Waals surface area (Å²) in [5, 5.41) is 2.45. The third-order valence-corrected chi connectivity index (χ3v) is 5.52. The Hall–Kier alpha value is -2.15. The van der Waals surface area contributed by atoms with Gasteiger partial charge in [0, 0.05) is 26.2 Å². The van der Waals surface area contributed by atoms with E-state index >= 15 is 0 Å². The number of fused-ring (bicyclic) bond motifs is 2. The van der Waals surface area contributed by atoms with Gasteiger partial charge < -0.3 is 19.3 Å². The van der Waals surface area contributed by atoms with E-state index in [0.717, 1.165) is 75.3 Å². The number of ether oxygens (including phenoxy) is 2. The molecule has 5 rings (SSSR count). The van der Waals surface area contributed by atoms with E-state index in [2.05, 4.69) is 47.1 Å². The fourth-order valence-corrected chi connectivity index (χ4v) is 4.02. The smallest absolute Gasteiger partial charge is 0.172 e. The number of morpholine rings is 2. The highest BCUT2D eigenvalue weighted by atomic mass is 35.5. The van der Waals surface area contributed by atoms with Crippen LogP contribution in [0.4, 0.5) is 11.6 Å². The fourth-order valence-electron chi connectivity index (χ4n) is 4.02. The second-order valence-electron chi connectivity index (χ2n) is 7.16. The van der Waals surface area contributed by atoms with Crippen LogP contribution in [0.15, 0.2) is 30.3 Å². The Labute approximate surface area is 170 Å². The Kier molecular flexibility index (Phi) is 5.53. The molecule has 0 atom stereocenters. The van der Waals surface area contributed by atoms with Crippen LogP contribution < -0.4 is 9.80 Å². The van der Waals surface area contributed by atoms with Crippen molar-refractivity contribution in [3.05, 3.63) is 35.9 Å². The Bertz CT molecular complexity index is 985. The number of benzene rings is 2. The molecule has 2 saturated heterocycles. The van der Waals surface area contributed by atoms with Crippen LogP contribution in [0.5, 0.6) is 0 Å². The summed E-state index contributed by atoms with van der Waals surface area (Å²) in [4.78, 5) is 14.9. The lowest BCUT2D eigenvalue weighted by molar-refractivity contribution is 0.120. The number of rotatable bonds is 2. The number of nitrogens with zero attached hydrogens (tertiary/aromatic N) is 4. The van der Waals surface area contributed by atoms with Crippen molar-refractivity contribution >= 4 is 45.8 Å². The molecule has 3 aromatic rings. The summed E-state index contributed by atoms with van der Waals surface area (Å²) in [6, 6.07) is 10.6. The van der Waals surface area contributed by atoms with Crippen molar-refractivity contribution in [3.63, 3.8) is 0 Å². The molecule has 148 valence electrons. The highest BCUT2D eigenvalue weighted by molar-refractivity contribution is 6.00. The third kappa shape index (κ3) is 3.36. The first-order valence-corrected chi connectivity index (χ1v) is 9.67. The molecule has 0 N–H and O–H groups in total. The molecule has 2 aliphatic rings. The number of hydrogen-bond acceptors (Lipinski definition) is 6. The lowest BCUT2D eigenvalue weighted by Gasteiger charge is -2.34. The zero-order valence-corrected chi connectivity index (χ0v) is 16.9. The van der Waals surface area contributed by atoms with E-state index in [4.69, 9.17) is 19.4 Å². The Balaban J connectivity index is 0.00000192. The quantitative estimate of drug-likeness (QED) is 0.616. The van der Waals surface area contributed by atoms with E-state index in [9.17, 15) is 0 Å². The summed E-state index contributed by atoms with van der Waals surface area (Å²) in [7, 11) is 0. The van der Waals surface area contributed by atoms with Crippen molar-refractivity contribution in [2.75, 3.05) is 62.4 Å². The lowest BCUT2D eigenvalue weighted by atomic mass is 10.0. The molecule has 0 spiro atoms. The Morgan fingerprint density at radius 3 is 2.04 bits per heavy atom. The monoisotopic (exact) mass is 400 g/mol. The standard InChI is InChI=1S/C21H24N4O2.ClH/c1-15-17-5-3-2-4-16(17)14-18-19(15)23-21(25-8-12-27-13-9-25)20(22-18)24-6-10-26-11-7-24;/h2-5,14H,6-13H2,1H3;1H. The van der Waals surface area contributed by atoms with Crippen LogP contribution in [0.1, 0.15) is 5.56 Å². The fraction of sp³-hybridized carbons (Fsp3) is 0.429. The number of halogens is 1. The van der Waals surface area contributed by atoms with Gasteiger partial charge in [0.2, 0.25) is 0 Å². The zero-order chi connectivity index (χ0) is 18.2. The molecular weight excluding hydrogens is 376 g/mol. The van der Waals surface area contributed by atoms with Gasteiger partial charge in [-0.2, -0.15) is 0 Å². The maximum absolute atomic E-state index is 5.55. The van der Waals surface area contributed by atoms with Crippen LogP contribution >= 0.6 is 12.4 Å². The first kappa shape index (κ1) is 19.2. The molecule has 0 bridgehead atoms. The minimum Gasteiger partial charge on any atom is -0.378 e. The van der Waals surface area contributed by atoms with Crippen molar-refractivity contribution in [2.45, 2.75) is 6.92 Å². The molecule has 2 fully saturated rings. The van der Waals surface area contributed by atoms with Crippen LogP contribution in [0.25, 0.3) is 21.8 Å². The van der Waals surface area contributed by atoms with Gasteiger partial charge in [-0.05, 0) is 29.3 Å². The van der Waals surface area contributed by atoms with Crippen molar-refractivity contribution < 1.29 is 9.47 Å². The molecule has 0 unspecified atom stereocenters. The van der Waals surface area contributed by atoms with Crippen LogP contribution in [0.2, 0.25) is 0 Å². The van der Waals surface area contributed by atoms with Gasteiger partial charge in [-0.15, -0.1) is 12.4 Å². The number of anilines is 2. The number of hydrogen-bond donors (Lipinski definition) is 0. The maximum Gasteiger partial charge on any atom is 0.172 e. The van der Waals surface area contributed by atoms with Crippen LogP contribution in [0.3, 0.4) is 0 Å². The van der Waals surface area contributed by atoms with Crippen molar-refractivity contribution in [1.29, 1.82) is 0 Å². The van der Waals surface area contributed by atoms with Crippen molar-refractivity contribution in [1.82, 2.24) is 9.97 Å². The van der Waals surface area contributed by atoms with E-state index in [1.165, 1.54) is 16.3 Å². The van der Waals surface area contributed by atoms with Gasteiger partial charge in [-0.25, -0.2) is 9.97 Å². The van der Waals surface area contributed by atoms with Gasteiger partial charge in [0.15, 0.2) is 11.6 Å². The van der Waals surface area contributed by atoms with E-state index < -0.39 is 0 Å². The topological polar surface area (TPSA) is 50.7 Å². The van der Waals surface area contributed by atoms with Gasteiger partial charge >= 0.3 is 0 Å². The minimum absolute atomic E-state index is 0. The van der Waals surface area contributed by atoms with E-state index in [1.807, 2.05) is 0 Å². The van der Waals surface area contributed by atoms with E-state index in [-0.39, 0.29) is 12.4 Å². The number of aromatic nitrogens is 2. The first-order chi connectivity index (χ1) is 13.3. The summed E-state index contributed by atoms with van der Waals surface area (Å²) in [6.07, 6.45) is 0. The highest BCUT2D eigenvalue weighted by Crippen LogP contribution is 2.33. The van der Waals surface area contributed by atoms with Gasteiger partial charge in [-0.3, -0.25) is 0 Å². The summed E-state index contributed by atoms with van der Waals surface area (Å²) in [5.41, 5.74) is 3.15. The normalized spacial score (nSPS) is 17.8. The van der Waals surface area contributed by atoms with Gasteiger partial charge in [0.25, 0.3) is 0 Å². The largest absolute Gasteiger partial charge is 0.378 e. The molecule has 7 heteroatoms. The second kappa shape index (κ2) is 8.07. The predicted octanol–water partition coefficient (Wildman–Crippen LogP) is 3.19. The molecule has 2 aliphatic heterocycles.